The standard InChI is InChI=1S/C17H19N5O5/c1-9-19-6-11(27-9)8-26-10-3-4-13-12(5-10)15(22(2)21-13)17(25)20-14(7-23)16(18)24/h3-6,14,23H,7-8H2,1-2H3,(H2,18,24)(H,20,25)/t14-/m0/s1. The van der Waals surface area contributed by atoms with E-state index in [0.29, 0.717) is 28.3 Å². The van der Waals surface area contributed by atoms with Gasteiger partial charge in [0.2, 0.25) is 5.91 Å². The van der Waals surface area contributed by atoms with Crippen LogP contribution in [0.25, 0.3) is 10.9 Å². The van der Waals surface area contributed by atoms with Gasteiger partial charge >= 0.3 is 0 Å². The number of aromatic nitrogens is 3. The van der Waals surface area contributed by atoms with E-state index in [2.05, 4.69) is 15.4 Å². The van der Waals surface area contributed by atoms with Gasteiger partial charge in [-0.3, -0.25) is 14.3 Å². The Hall–Kier alpha value is -3.40. The third-order valence-electron chi connectivity index (χ3n) is 3.90. The van der Waals surface area contributed by atoms with Gasteiger partial charge in [-0.05, 0) is 18.2 Å². The number of nitrogens with one attached hydrogen (secondary N) is 1. The molecule has 3 aromatic rings. The van der Waals surface area contributed by atoms with Gasteiger partial charge < -0.3 is 25.3 Å². The van der Waals surface area contributed by atoms with E-state index in [1.807, 2.05) is 0 Å². The molecule has 10 heteroatoms. The number of hydrogen-bond donors (Lipinski definition) is 3. The predicted octanol–water partition coefficient (Wildman–Crippen LogP) is 0.0247. The van der Waals surface area contributed by atoms with E-state index < -0.39 is 24.5 Å². The average molecular weight is 373 g/mol. The largest absolute Gasteiger partial charge is 0.486 e. The van der Waals surface area contributed by atoms with Gasteiger partial charge in [0.25, 0.3) is 5.91 Å². The van der Waals surface area contributed by atoms with E-state index in [1.165, 1.54) is 4.68 Å². The Labute approximate surface area is 153 Å². The highest BCUT2D eigenvalue weighted by atomic mass is 16.5. The maximum atomic E-state index is 12.6. The number of oxazole rings is 1. The van der Waals surface area contributed by atoms with Crippen molar-refractivity contribution in [3.63, 3.8) is 0 Å². The van der Waals surface area contributed by atoms with Crippen molar-refractivity contribution >= 4 is 22.7 Å². The number of carbonyl (C=O) groups is 2. The average Bonchev–Trinajstić information content (AvgIpc) is 3.19. The Morgan fingerprint density at radius 3 is 2.85 bits per heavy atom. The highest BCUT2D eigenvalue weighted by Crippen LogP contribution is 2.24. The number of aryl methyl sites for hydroxylation is 2. The van der Waals surface area contributed by atoms with Crippen LogP contribution in [-0.4, -0.2) is 44.3 Å². The molecule has 1 atom stereocenters. The Morgan fingerprint density at radius 2 is 2.22 bits per heavy atom. The molecule has 142 valence electrons. The van der Waals surface area contributed by atoms with E-state index in [1.54, 1.807) is 38.4 Å². The summed E-state index contributed by atoms with van der Waals surface area (Å²) in [7, 11) is 1.60. The molecule has 1 aromatic carbocycles. The second-order valence-corrected chi connectivity index (χ2v) is 5.90. The van der Waals surface area contributed by atoms with Crippen molar-refractivity contribution < 1.29 is 23.8 Å². The first-order valence-corrected chi connectivity index (χ1v) is 8.11. The van der Waals surface area contributed by atoms with Gasteiger partial charge in [0.05, 0.1) is 18.3 Å². The molecule has 0 saturated carbocycles. The van der Waals surface area contributed by atoms with Gasteiger partial charge in [-0.2, -0.15) is 5.10 Å². The molecule has 27 heavy (non-hydrogen) atoms. The van der Waals surface area contributed by atoms with E-state index in [0.717, 1.165) is 0 Å². The molecule has 10 nitrogen and oxygen atoms in total. The number of fused-ring (bicyclic) bond motifs is 1. The van der Waals surface area contributed by atoms with E-state index in [-0.39, 0.29) is 12.3 Å². The number of aliphatic hydroxyl groups excluding tert-OH is 1. The zero-order valence-corrected chi connectivity index (χ0v) is 14.8. The SMILES string of the molecule is Cc1ncc(COc2ccc3nn(C)c(C(=O)N[C@@H](CO)C(N)=O)c3c2)o1. The molecule has 2 heterocycles. The van der Waals surface area contributed by atoms with Crippen LogP contribution < -0.4 is 15.8 Å². The zero-order chi connectivity index (χ0) is 19.6. The Kier molecular flexibility index (Phi) is 5.08. The number of nitrogens with two attached hydrogens (primary N) is 1. The van der Waals surface area contributed by atoms with Crippen molar-refractivity contribution in [2.75, 3.05) is 6.61 Å². The van der Waals surface area contributed by atoms with Gasteiger partial charge in [0, 0.05) is 19.4 Å². The third-order valence-corrected chi connectivity index (χ3v) is 3.90. The summed E-state index contributed by atoms with van der Waals surface area (Å²) in [5.41, 5.74) is 5.94. The highest BCUT2D eigenvalue weighted by Gasteiger charge is 2.22. The molecule has 0 unspecified atom stereocenters. The summed E-state index contributed by atoms with van der Waals surface area (Å²) in [6.45, 7) is 1.33. The summed E-state index contributed by atoms with van der Waals surface area (Å²) in [6, 6.07) is 3.92. The number of primary amides is 1. The van der Waals surface area contributed by atoms with Crippen molar-refractivity contribution in [3.05, 3.63) is 41.7 Å². The molecule has 2 aromatic heterocycles. The van der Waals surface area contributed by atoms with Crippen molar-refractivity contribution in [2.24, 2.45) is 12.8 Å². The molecule has 0 aliphatic carbocycles. The number of amides is 2. The molecule has 0 fully saturated rings. The molecule has 0 aliphatic rings. The van der Waals surface area contributed by atoms with Crippen LogP contribution in [0.5, 0.6) is 5.75 Å². The lowest BCUT2D eigenvalue weighted by Crippen LogP contribution is -2.47. The molecule has 4 N–H and O–H groups in total. The molecule has 0 radical (unpaired) electrons. The molecule has 0 saturated heterocycles. The Bertz CT molecular complexity index is 993. The van der Waals surface area contributed by atoms with Crippen molar-refractivity contribution in [1.29, 1.82) is 0 Å². The number of carbonyl (C=O) groups excluding carboxylic acids is 2. The fourth-order valence-electron chi connectivity index (χ4n) is 2.60. The topological polar surface area (TPSA) is 146 Å². The smallest absolute Gasteiger partial charge is 0.270 e. The molecule has 0 spiro atoms. The Morgan fingerprint density at radius 1 is 1.44 bits per heavy atom. The minimum atomic E-state index is -1.18. The van der Waals surface area contributed by atoms with Crippen LogP contribution in [0, 0.1) is 6.92 Å². The van der Waals surface area contributed by atoms with Crippen molar-refractivity contribution in [3.8, 4) is 5.75 Å². The summed E-state index contributed by atoms with van der Waals surface area (Å²) >= 11 is 0. The quantitative estimate of drug-likeness (QED) is 0.529. The lowest BCUT2D eigenvalue weighted by molar-refractivity contribution is -0.120. The normalized spacial score (nSPS) is 12.1. The van der Waals surface area contributed by atoms with Crippen LogP contribution >= 0.6 is 0 Å². The van der Waals surface area contributed by atoms with Gasteiger partial charge in [0.15, 0.2) is 11.7 Å². The van der Waals surface area contributed by atoms with E-state index in [9.17, 15) is 14.7 Å². The van der Waals surface area contributed by atoms with Crippen LogP contribution in [0.2, 0.25) is 0 Å². The lowest BCUT2D eigenvalue weighted by Gasteiger charge is -2.12. The Balaban J connectivity index is 1.85. The summed E-state index contributed by atoms with van der Waals surface area (Å²) < 4.78 is 12.4. The molecule has 0 bridgehead atoms. The summed E-state index contributed by atoms with van der Waals surface area (Å²) in [6.07, 6.45) is 1.58. The fourth-order valence-corrected chi connectivity index (χ4v) is 2.60. The van der Waals surface area contributed by atoms with Crippen LogP contribution in [0.15, 0.2) is 28.8 Å². The number of benzene rings is 1. The second-order valence-electron chi connectivity index (χ2n) is 5.90. The maximum Gasteiger partial charge on any atom is 0.270 e. The molecule has 3 rings (SSSR count). The van der Waals surface area contributed by atoms with Crippen molar-refractivity contribution in [1.82, 2.24) is 20.1 Å². The van der Waals surface area contributed by atoms with Gasteiger partial charge in [-0.25, -0.2) is 4.98 Å². The maximum absolute atomic E-state index is 12.6. The molecular formula is C17H19N5O5. The van der Waals surface area contributed by atoms with Crippen LogP contribution in [0.1, 0.15) is 22.1 Å². The first-order chi connectivity index (χ1) is 12.9. The molecular weight excluding hydrogens is 354 g/mol. The van der Waals surface area contributed by atoms with Gasteiger partial charge in [0.1, 0.15) is 24.1 Å². The van der Waals surface area contributed by atoms with Gasteiger partial charge in [-0.1, -0.05) is 0 Å². The predicted molar refractivity (Wildman–Crippen MR) is 93.8 cm³/mol. The van der Waals surface area contributed by atoms with Crippen LogP contribution in [0.3, 0.4) is 0 Å². The third kappa shape index (κ3) is 3.90. The van der Waals surface area contributed by atoms with E-state index in [4.69, 9.17) is 14.9 Å². The summed E-state index contributed by atoms with van der Waals surface area (Å²) in [4.78, 5) is 27.8. The summed E-state index contributed by atoms with van der Waals surface area (Å²) in [5, 5.41) is 16.4. The number of rotatable bonds is 7. The zero-order valence-electron chi connectivity index (χ0n) is 14.8. The van der Waals surface area contributed by atoms with Crippen LogP contribution in [-0.2, 0) is 18.4 Å². The first-order valence-electron chi connectivity index (χ1n) is 8.11. The van der Waals surface area contributed by atoms with Gasteiger partial charge in [-0.15, -0.1) is 0 Å². The number of hydrogen-bond acceptors (Lipinski definition) is 7. The monoisotopic (exact) mass is 373 g/mol. The minimum absolute atomic E-state index is 0.183. The molecule has 2 amide bonds. The number of nitrogens with zero attached hydrogens (tertiary/aromatic N) is 3. The lowest BCUT2D eigenvalue weighted by atomic mass is 10.1. The van der Waals surface area contributed by atoms with Crippen molar-refractivity contribution in [2.45, 2.75) is 19.6 Å². The van der Waals surface area contributed by atoms with E-state index >= 15 is 0 Å². The molecule has 0 aliphatic heterocycles. The van der Waals surface area contributed by atoms with Crippen LogP contribution in [0.4, 0.5) is 0 Å². The number of aliphatic hydroxyl groups is 1. The number of ether oxygens (including phenoxy) is 1. The first kappa shape index (κ1) is 18.4. The minimum Gasteiger partial charge on any atom is -0.486 e. The highest BCUT2D eigenvalue weighted by molar-refractivity contribution is 6.06. The fraction of sp³-hybridized carbons (Fsp3) is 0.294. The summed E-state index contributed by atoms with van der Waals surface area (Å²) in [5.74, 6) is 0.212. The second kappa shape index (κ2) is 7.46.